The summed E-state index contributed by atoms with van der Waals surface area (Å²) >= 11 is 11.6. The highest BCUT2D eigenvalue weighted by Crippen LogP contribution is 2.34. The highest BCUT2D eigenvalue weighted by molar-refractivity contribution is 6.37. The minimum atomic E-state index is -0.349. The lowest BCUT2D eigenvalue weighted by molar-refractivity contribution is 0.102. The number of carbonyl (C=O) groups excluding carboxylic acids is 1. The molecule has 3 N–H and O–H groups in total. The lowest BCUT2D eigenvalue weighted by Crippen LogP contribution is -2.11. The molecule has 106 valence electrons. The maximum Gasteiger partial charge on any atom is 0.255 e. The Morgan fingerprint density at radius 3 is 2.62 bits per heavy atom. The second-order valence-electron chi connectivity index (χ2n) is 4.29. The predicted octanol–water partition coefficient (Wildman–Crippen LogP) is 3.22. The van der Waals surface area contributed by atoms with E-state index in [0.717, 1.165) is 5.52 Å². The number of benzene rings is 2. The molecule has 1 aromatic heterocycles. The van der Waals surface area contributed by atoms with Crippen molar-refractivity contribution in [3.63, 3.8) is 0 Å². The minimum absolute atomic E-state index is 0.0600. The third-order valence-corrected chi connectivity index (χ3v) is 3.44. The summed E-state index contributed by atoms with van der Waals surface area (Å²) in [6, 6.07) is 7.78. The quantitative estimate of drug-likeness (QED) is 0.632. The number of hydrogen-bond donors (Lipinski definition) is 3. The van der Waals surface area contributed by atoms with Crippen LogP contribution in [0, 0.1) is 0 Å². The molecule has 6 nitrogen and oxygen atoms in total. The van der Waals surface area contributed by atoms with E-state index in [9.17, 15) is 9.90 Å². The molecule has 0 aliphatic carbocycles. The van der Waals surface area contributed by atoms with E-state index >= 15 is 0 Å². The molecule has 0 saturated heterocycles. The van der Waals surface area contributed by atoms with Crippen molar-refractivity contribution in [3.05, 3.63) is 45.9 Å². The fourth-order valence-corrected chi connectivity index (χ4v) is 2.31. The van der Waals surface area contributed by atoms with Gasteiger partial charge in [0.05, 0.1) is 15.6 Å². The summed E-state index contributed by atoms with van der Waals surface area (Å²) in [4.78, 5) is 12.2. The molecule has 2 aromatic carbocycles. The Morgan fingerprint density at radius 1 is 1.19 bits per heavy atom. The van der Waals surface area contributed by atoms with E-state index in [0.29, 0.717) is 16.8 Å². The van der Waals surface area contributed by atoms with Crippen LogP contribution in [0.2, 0.25) is 10.0 Å². The van der Waals surface area contributed by atoms with Gasteiger partial charge >= 0.3 is 0 Å². The molecule has 0 atom stereocenters. The number of nitrogens with one attached hydrogen (secondary N) is 2. The Morgan fingerprint density at radius 2 is 1.90 bits per heavy atom. The van der Waals surface area contributed by atoms with E-state index in [2.05, 4.69) is 20.7 Å². The molecule has 1 amide bonds. The SMILES string of the molecule is O=C(Nc1cc(Cl)c(O)c(Cl)c1)c1ccc2[nH]nnc2c1. The van der Waals surface area contributed by atoms with Crippen LogP contribution in [0.25, 0.3) is 11.0 Å². The fraction of sp³-hybridized carbons (Fsp3) is 0. The molecule has 1 heterocycles. The number of phenols is 1. The summed E-state index contributed by atoms with van der Waals surface area (Å²) in [6.07, 6.45) is 0. The van der Waals surface area contributed by atoms with Crippen molar-refractivity contribution in [2.75, 3.05) is 5.32 Å². The highest BCUT2D eigenvalue weighted by Gasteiger charge is 2.11. The van der Waals surface area contributed by atoms with E-state index in [4.69, 9.17) is 23.2 Å². The van der Waals surface area contributed by atoms with Gasteiger partial charge in [-0.25, -0.2) is 0 Å². The van der Waals surface area contributed by atoms with Gasteiger partial charge in [-0.2, -0.15) is 0 Å². The summed E-state index contributed by atoms with van der Waals surface area (Å²) in [5.41, 5.74) is 2.12. The van der Waals surface area contributed by atoms with Crippen molar-refractivity contribution in [1.82, 2.24) is 15.4 Å². The van der Waals surface area contributed by atoms with Crippen molar-refractivity contribution in [1.29, 1.82) is 0 Å². The summed E-state index contributed by atoms with van der Waals surface area (Å²) in [6.45, 7) is 0. The lowest BCUT2D eigenvalue weighted by Gasteiger charge is -2.08. The lowest BCUT2D eigenvalue weighted by atomic mass is 10.2. The van der Waals surface area contributed by atoms with Crippen molar-refractivity contribution in [3.8, 4) is 5.75 Å². The van der Waals surface area contributed by atoms with Crippen LogP contribution in [0.15, 0.2) is 30.3 Å². The van der Waals surface area contributed by atoms with Crippen LogP contribution in [0.1, 0.15) is 10.4 Å². The van der Waals surface area contributed by atoms with Gasteiger partial charge in [0.2, 0.25) is 0 Å². The first kappa shape index (κ1) is 13.7. The highest BCUT2D eigenvalue weighted by atomic mass is 35.5. The fourth-order valence-electron chi connectivity index (χ4n) is 1.82. The van der Waals surface area contributed by atoms with Gasteiger partial charge in [-0.3, -0.25) is 9.89 Å². The Bertz CT molecular complexity index is 824. The number of carbonyl (C=O) groups is 1. The van der Waals surface area contributed by atoms with Crippen LogP contribution < -0.4 is 5.32 Å². The second kappa shape index (κ2) is 5.23. The Balaban J connectivity index is 1.88. The van der Waals surface area contributed by atoms with Gasteiger partial charge in [0.25, 0.3) is 5.91 Å². The average molecular weight is 323 g/mol. The third-order valence-electron chi connectivity index (χ3n) is 2.86. The number of halogens is 2. The maximum absolute atomic E-state index is 12.2. The van der Waals surface area contributed by atoms with Gasteiger partial charge < -0.3 is 10.4 Å². The number of fused-ring (bicyclic) bond motifs is 1. The number of aromatic hydroxyl groups is 1. The van der Waals surface area contributed by atoms with Crippen molar-refractivity contribution in [2.24, 2.45) is 0 Å². The van der Waals surface area contributed by atoms with Gasteiger partial charge in [-0.15, -0.1) is 5.10 Å². The van der Waals surface area contributed by atoms with E-state index in [-0.39, 0.29) is 21.7 Å². The maximum atomic E-state index is 12.2. The van der Waals surface area contributed by atoms with Crippen LogP contribution in [0.4, 0.5) is 5.69 Å². The van der Waals surface area contributed by atoms with E-state index in [1.807, 2.05) is 0 Å². The molecule has 8 heteroatoms. The van der Waals surface area contributed by atoms with Crippen molar-refractivity contribution in [2.45, 2.75) is 0 Å². The number of aromatic amines is 1. The Kier molecular flexibility index (Phi) is 3.40. The molecule has 0 unspecified atom stereocenters. The molecule has 3 rings (SSSR count). The second-order valence-corrected chi connectivity index (χ2v) is 5.10. The van der Waals surface area contributed by atoms with Gasteiger partial charge in [-0.1, -0.05) is 28.4 Å². The topological polar surface area (TPSA) is 90.9 Å². The normalized spacial score (nSPS) is 10.8. The number of anilines is 1. The molecule has 0 spiro atoms. The number of rotatable bonds is 2. The zero-order chi connectivity index (χ0) is 15.0. The molecular weight excluding hydrogens is 315 g/mol. The third kappa shape index (κ3) is 2.63. The van der Waals surface area contributed by atoms with Crippen LogP contribution in [0.5, 0.6) is 5.75 Å². The van der Waals surface area contributed by atoms with E-state index < -0.39 is 0 Å². The van der Waals surface area contributed by atoms with Gasteiger partial charge in [0.15, 0.2) is 5.75 Å². The summed E-state index contributed by atoms with van der Waals surface area (Å²) < 4.78 is 0. The van der Waals surface area contributed by atoms with Gasteiger partial charge in [-0.05, 0) is 30.3 Å². The zero-order valence-corrected chi connectivity index (χ0v) is 11.9. The predicted molar refractivity (Wildman–Crippen MR) is 80.0 cm³/mol. The van der Waals surface area contributed by atoms with E-state index in [1.165, 1.54) is 12.1 Å². The molecule has 0 fully saturated rings. The number of amides is 1. The molecule has 0 aliphatic rings. The summed E-state index contributed by atoms with van der Waals surface area (Å²) in [5, 5.41) is 22.4. The largest absolute Gasteiger partial charge is 0.505 e. The molecule has 0 radical (unpaired) electrons. The first-order valence-electron chi connectivity index (χ1n) is 5.85. The number of H-pyrrole nitrogens is 1. The Hall–Kier alpha value is -2.31. The number of aromatic nitrogens is 3. The van der Waals surface area contributed by atoms with Gasteiger partial charge in [0.1, 0.15) is 5.52 Å². The average Bonchev–Trinajstić information content (AvgIpc) is 2.91. The van der Waals surface area contributed by atoms with Crippen molar-refractivity contribution >= 4 is 45.8 Å². The molecule has 3 aromatic rings. The van der Waals surface area contributed by atoms with E-state index in [1.54, 1.807) is 18.2 Å². The number of nitrogens with zero attached hydrogens (tertiary/aromatic N) is 2. The number of hydrogen-bond acceptors (Lipinski definition) is 4. The first-order valence-corrected chi connectivity index (χ1v) is 6.60. The monoisotopic (exact) mass is 322 g/mol. The number of phenolic OH excluding ortho intramolecular Hbond substituents is 1. The van der Waals surface area contributed by atoms with Crippen LogP contribution in [-0.4, -0.2) is 26.4 Å². The molecule has 0 bridgehead atoms. The zero-order valence-electron chi connectivity index (χ0n) is 10.4. The van der Waals surface area contributed by atoms with Crippen LogP contribution in [0.3, 0.4) is 0 Å². The summed E-state index contributed by atoms with van der Waals surface area (Å²) in [5.74, 6) is -0.571. The van der Waals surface area contributed by atoms with Gasteiger partial charge in [0, 0.05) is 11.3 Å². The molecular formula is C13H8Cl2N4O2. The van der Waals surface area contributed by atoms with Crippen LogP contribution in [-0.2, 0) is 0 Å². The molecule has 0 aliphatic heterocycles. The smallest absolute Gasteiger partial charge is 0.255 e. The van der Waals surface area contributed by atoms with Crippen molar-refractivity contribution < 1.29 is 9.90 Å². The standard InChI is InChI=1S/C13H8Cl2N4O2/c14-8-4-7(5-9(15)12(8)20)16-13(21)6-1-2-10-11(3-6)18-19-17-10/h1-5,20H,(H,16,21)(H,17,18,19). The Labute approximate surface area is 128 Å². The van der Waals surface area contributed by atoms with Crippen LogP contribution >= 0.6 is 23.2 Å². The minimum Gasteiger partial charge on any atom is -0.505 e. The molecule has 0 saturated carbocycles. The first-order chi connectivity index (χ1) is 10.0. The summed E-state index contributed by atoms with van der Waals surface area (Å²) in [7, 11) is 0. The molecule has 21 heavy (non-hydrogen) atoms.